The standard InChI is InChI=1S/C22H35N3O2/c1-7-17(5)25(18(6)8-2)22(27)14-24-20-13-16(4)15(3)12-19(20)23-21(24)10-9-11-26/h12-13,17-18,26H,7-11,14H2,1-6H3. The quantitative estimate of drug-likeness (QED) is 0.723. The van der Waals surface area contributed by atoms with E-state index < -0.39 is 0 Å². The Morgan fingerprint density at radius 1 is 1.15 bits per heavy atom. The zero-order valence-electron chi connectivity index (χ0n) is 17.7. The van der Waals surface area contributed by atoms with Crippen LogP contribution in [0.3, 0.4) is 0 Å². The first-order valence-corrected chi connectivity index (χ1v) is 10.2. The third kappa shape index (κ3) is 4.70. The third-order valence-electron chi connectivity index (χ3n) is 5.71. The highest BCUT2D eigenvalue weighted by molar-refractivity contribution is 5.82. The molecule has 0 radical (unpaired) electrons. The van der Waals surface area contributed by atoms with E-state index in [4.69, 9.17) is 4.98 Å². The van der Waals surface area contributed by atoms with Crippen LogP contribution in [0.5, 0.6) is 0 Å². The van der Waals surface area contributed by atoms with Gasteiger partial charge in [0.1, 0.15) is 12.4 Å². The lowest BCUT2D eigenvalue weighted by Gasteiger charge is -2.34. The summed E-state index contributed by atoms with van der Waals surface area (Å²) in [6.45, 7) is 13.1. The summed E-state index contributed by atoms with van der Waals surface area (Å²) >= 11 is 0. The Kier molecular flexibility index (Phi) is 7.42. The van der Waals surface area contributed by atoms with Gasteiger partial charge in [-0.2, -0.15) is 0 Å². The maximum Gasteiger partial charge on any atom is 0.243 e. The second kappa shape index (κ2) is 9.36. The number of imidazole rings is 1. The van der Waals surface area contributed by atoms with Crippen LogP contribution in [0.2, 0.25) is 0 Å². The molecule has 0 saturated carbocycles. The van der Waals surface area contributed by atoms with Gasteiger partial charge in [0.15, 0.2) is 0 Å². The third-order valence-corrected chi connectivity index (χ3v) is 5.71. The Morgan fingerprint density at radius 3 is 2.30 bits per heavy atom. The van der Waals surface area contributed by atoms with Gasteiger partial charge >= 0.3 is 0 Å². The van der Waals surface area contributed by atoms with E-state index in [9.17, 15) is 9.90 Å². The van der Waals surface area contributed by atoms with Crippen LogP contribution in [0.15, 0.2) is 12.1 Å². The molecule has 1 aromatic carbocycles. The number of rotatable bonds is 9. The molecule has 0 aliphatic heterocycles. The van der Waals surface area contributed by atoms with Crippen LogP contribution in [0, 0.1) is 13.8 Å². The molecule has 27 heavy (non-hydrogen) atoms. The van der Waals surface area contributed by atoms with Crippen molar-refractivity contribution in [3.05, 3.63) is 29.1 Å². The number of fused-ring (bicyclic) bond motifs is 1. The summed E-state index contributed by atoms with van der Waals surface area (Å²) in [5.74, 6) is 1.02. The van der Waals surface area contributed by atoms with Crippen molar-refractivity contribution >= 4 is 16.9 Å². The normalized spacial score (nSPS) is 13.7. The number of aliphatic hydroxyl groups is 1. The summed E-state index contributed by atoms with van der Waals surface area (Å²) in [6, 6.07) is 4.65. The lowest BCUT2D eigenvalue weighted by atomic mass is 10.1. The summed E-state index contributed by atoms with van der Waals surface area (Å²) in [4.78, 5) is 20.1. The van der Waals surface area contributed by atoms with Crippen molar-refractivity contribution in [3.63, 3.8) is 0 Å². The largest absolute Gasteiger partial charge is 0.396 e. The Balaban J connectivity index is 2.45. The number of aryl methyl sites for hydroxylation is 3. The predicted molar refractivity (Wildman–Crippen MR) is 111 cm³/mol. The molecule has 1 N–H and O–H groups in total. The molecular weight excluding hydrogens is 338 g/mol. The zero-order chi connectivity index (χ0) is 20.1. The molecule has 2 unspecified atom stereocenters. The van der Waals surface area contributed by atoms with Crippen molar-refractivity contribution < 1.29 is 9.90 Å². The van der Waals surface area contributed by atoms with Crippen LogP contribution in [0.25, 0.3) is 11.0 Å². The number of hydrogen-bond donors (Lipinski definition) is 1. The van der Waals surface area contributed by atoms with Crippen molar-refractivity contribution in [3.8, 4) is 0 Å². The van der Waals surface area contributed by atoms with E-state index in [0.29, 0.717) is 19.4 Å². The monoisotopic (exact) mass is 373 g/mol. The Labute approximate surface area is 163 Å². The van der Waals surface area contributed by atoms with Crippen LogP contribution >= 0.6 is 0 Å². The van der Waals surface area contributed by atoms with Crippen molar-refractivity contribution in [1.82, 2.24) is 14.5 Å². The van der Waals surface area contributed by atoms with Crippen LogP contribution in [0.1, 0.15) is 63.9 Å². The van der Waals surface area contributed by atoms with Gasteiger partial charge in [0.2, 0.25) is 5.91 Å². The van der Waals surface area contributed by atoms with Gasteiger partial charge in [-0.3, -0.25) is 4.79 Å². The van der Waals surface area contributed by atoms with E-state index in [1.165, 1.54) is 11.1 Å². The molecule has 0 fully saturated rings. The molecular formula is C22H35N3O2. The number of hydrogen-bond acceptors (Lipinski definition) is 3. The minimum Gasteiger partial charge on any atom is -0.396 e. The first-order chi connectivity index (χ1) is 12.8. The van der Waals surface area contributed by atoms with Crippen molar-refractivity contribution in [2.24, 2.45) is 0 Å². The molecule has 1 heterocycles. The van der Waals surface area contributed by atoms with Gasteiger partial charge in [0.05, 0.1) is 11.0 Å². The van der Waals surface area contributed by atoms with Crippen LogP contribution in [-0.2, 0) is 17.8 Å². The number of amides is 1. The van der Waals surface area contributed by atoms with Gasteiger partial charge in [-0.25, -0.2) is 4.98 Å². The SMILES string of the molecule is CCC(C)N(C(=O)Cn1c(CCCO)nc2cc(C)c(C)cc21)C(C)CC. The predicted octanol–water partition coefficient (Wildman–Crippen LogP) is 4.00. The van der Waals surface area contributed by atoms with Crippen molar-refractivity contribution in [2.75, 3.05) is 6.61 Å². The first kappa shape index (κ1) is 21.4. The van der Waals surface area contributed by atoms with E-state index in [-0.39, 0.29) is 24.6 Å². The molecule has 0 bridgehead atoms. The number of carbonyl (C=O) groups excluding carboxylic acids is 1. The minimum atomic E-state index is 0.126. The van der Waals surface area contributed by atoms with Crippen LogP contribution < -0.4 is 0 Å². The summed E-state index contributed by atoms with van der Waals surface area (Å²) < 4.78 is 2.05. The fourth-order valence-electron chi connectivity index (χ4n) is 3.57. The Bertz CT molecular complexity index is 771. The molecule has 0 aliphatic carbocycles. The van der Waals surface area contributed by atoms with E-state index in [1.807, 2.05) is 4.90 Å². The summed E-state index contributed by atoms with van der Waals surface area (Å²) in [6.07, 6.45) is 3.20. The number of benzene rings is 1. The lowest BCUT2D eigenvalue weighted by Crippen LogP contribution is -2.45. The maximum atomic E-state index is 13.3. The van der Waals surface area contributed by atoms with Crippen molar-refractivity contribution in [2.45, 2.75) is 85.9 Å². The second-order valence-corrected chi connectivity index (χ2v) is 7.68. The smallest absolute Gasteiger partial charge is 0.243 e. The fraction of sp³-hybridized carbons (Fsp3) is 0.636. The number of aliphatic hydroxyl groups excluding tert-OH is 1. The highest BCUT2D eigenvalue weighted by Gasteiger charge is 2.25. The highest BCUT2D eigenvalue weighted by Crippen LogP contribution is 2.23. The summed E-state index contributed by atoms with van der Waals surface area (Å²) in [5, 5.41) is 9.25. The molecule has 1 amide bonds. The molecule has 2 atom stereocenters. The molecule has 1 aromatic heterocycles. The minimum absolute atomic E-state index is 0.126. The van der Waals surface area contributed by atoms with Gasteiger partial charge in [0.25, 0.3) is 0 Å². The lowest BCUT2D eigenvalue weighted by molar-refractivity contribution is -0.136. The van der Waals surface area contributed by atoms with Gasteiger partial charge < -0.3 is 14.6 Å². The summed E-state index contributed by atoms with van der Waals surface area (Å²) in [5.41, 5.74) is 4.34. The molecule has 0 aliphatic rings. The number of aromatic nitrogens is 2. The second-order valence-electron chi connectivity index (χ2n) is 7.68. The Morgan fingerprint density at radius 2 is 1.74 bits per heavy atom. The molecule has 150 valence electrons. The van der Waals surface area contributed by atoms with E-state index in [0.717, 1.165) is 29.7 Å². The van der Waals surface area contributed by atoms with E-state index in [2.05, 4.69) is 58.2 Å². The van der Waals surface area contributed by atoms with Crippen LogP contribution in [-0.4, -0.2) is 44.2 Å². The van der Waals surface area contributed by atoms with Gasteiger partial charge in [-0.15, -0.1) is 0 Å². The van der Waals surface area contributed by atoms with Crippen molar-refractivity contribution in [1.29, 1.82) is 0 Å². The summed E-state index contributed by atoms with van der Waals surface area (Å²) in [7, 11) is 0. The number of carbonyl (C=O) groups is 1. The topological polar surface area (TPSA) is 58.4 Å². The highest BCUT2D eigenvalue weighted by atomic mass is 16.3. The molecule has 0 spiro atoms. The molecule has 0 saturated heterocycles. The first-order valence-electron chi connectivity index (χ1n) is 10.2. The van der Waals surface area contributed by atoms with E-state index in [1.54, 1.807) is 0 Å². The maximum absolute atomic E-state index is 13.3. The molecule has 5 heteroatoms. The Hall–Kier alpha value is -1.88. The fourth-order valence-corrected chi connectivity index (χ4v) is 3.57. The zero-order valence-corrected chi connectivity index (χ0v) is 17.7. The molecule has 2 aromatic rings. The van der Waals surface area contributed by atoms with E-state index >= 15 is 0 Å². The van der Waals surface area contributed by atoms with Gasteiger partial charge in [-0.1, -0.05) is 13.8 Å². The molecule has 2 rings (SSSR count). The average molecular weight is 374 g/mol. The van der Waals surface area contributed by atoms with Gasteiger partial charge in [-0.05, 0) is 70.2 Å². The van der Waals surface area contributed by atoms with Crippen LogP contribution in [0.4, 0.5) is 0 Å². The van der Waals surface area contributed by atoms with Gasteiger partial charge in [0, 0.05) is 25.1 Å². The molecule has 5 nitrogen and oxygen atoms in total. The average Bonchev–Trinajstić information content (AvgIpc) is 2.96. The number of nitrogens with zero attached hydrogens (tertiary/aromatic N) is 3.